The van der Waals surface area contributed by atoms with Crippen molar-refractivity contribution >= 4 is 22.3 Å². The zero-order valence-corrected chi connectivity index (χ0v) is 18.9. The smallest absolute Gasteiger partial charge is 0.125 e. The van der Waals surface area contributed by atoms with Gasteiger partial charge in [-0.2, -0.15) is 5.26 Å². The molecular weight excluding hydrogens is 417 g/mol. The van der Waals surface area contributed by atoms with Crippen LogP contribution in [0.4, 0.5) is 15.8 Å². The zero-order valence-electron chi connectivity index (χ0n) is 18.9. The third kappa shape index (κ3) is 4.82. The molecule has 0 bridgehead atoms. The van der Waals surface area contributed by atoms with Gasteiger partial charge in [-0.3, -0.25) is 4.90 Å². The molecule has 7 heteroatoms. The number of nitriles is 1. The molecule has 0 aliphatic carbocycles. The normalized spacial score (nSPS) is 17.5. The van der Waals surface area contributed by atoms with Crippen molar-refractivity contribution in [2.45, 2.75) is 12.8 Å². The maximum Gasteiger partial charge on any atom is 0.125 e. The van der Waals surface area contributed by atoms with Crippen LogP contribution in [0.15, 0.2) is 42.6 Å². The lowest BCUT2D eigenvalue weighted by Crippen LogP contribution is -2.47. The molecule has 5 rings (SSSR count). The first-order chi connectivity index (χ1) is 16.2. The molecule has 0 amide bonds. The van der Waals surface area contributed by atoms with Crippen molar-refractivity contribution in [3.8, 4) is 6.07 Å². The number of nitrogens with one attached hydrogen (secondary N) is 1. The average Bonchev–Trinajstić information content (AvgIpc) is 3.27. The molecule has 2 aromatic carbocycles. The van der Waals surface area contributed by atoms with Gasteiger partial charge in [-0.1, -0.05) is 0 Å². The number of morpholine rings is 1. The Morgan fingerprint density at radius 3 is 2.52 bits per heavy atom. The molecule has 172 valence electrons. The van der Waals surface area contributed by atoms with Gasteiger partial charge in [0, 0.05) is 56.4 Å². The van der Waals surface area contributed by atoms with Crippen molar-refractivity contribution in [1.29, 1.82) is 5.26 Å². The summed E-state index contributed by atoms with van der Waals surface area (Å²) in [4.78, 5) is 10.5. The highest BCUT2D eigenvalue weighted by atomic mass is 19.1. The summed E-state index contributed by atoms with van der Waals surface area (Å²) in [6, 6.07) is 13.2. The number of aromatic amines is 1. The van der Waals surface area contributed by atoms with E-state index in [1.807, 2.05) is 24.3 Å². The fourth-order valence-corrected chi connectivity index (χ4v) is 4.98. The van der Waals surface area contributed by atoms with Gasteiger partial charge in [-0.15, -0.1) is 0 Å². The second-order valence-electron chi connectivity index (χ2n) is 8.85. The molecule has 2 aliphatic rings. The van der Waals surface area contributed by atoms with E-state index in [4.69, 9.17) is 4.74 Å². The molecule has 0 atom stereocenters. The Labute approximate surface area is 194 Å². The van der Waals surface area contributed by atoms with Crippen LogP contribution in [-0.2, 0) is 11.2 Å². The summed E-state index contributed by atoms with van der Waals surface area (Å²) < 4.78 is 19.5. The average molecular weight is 448 g/mol. The van der Waals surface area contributed by atoms with Gasteiger partial charge in [-0.25, -0.2) is 4.39 Å². The second-order valence-corrected chi connectivity index (χ2v) is 8.85. The van der Waals surface area contributed by atoms with E-state index >= 15 is 0 Å². The minimum absolute atomic E-state index is 0.182. The van der Waals surface area contributed by atoms with Crippen molar-refractivity contribution in [2.75, 3.05) is 68.8 Å². The number of piperazine rings is 1. The number of rotatable bonds is 6. The molecule has 0 unspecified atom stereocenters. The third-order valence-corrected chi connectivity index (χ3v) is 6.82. The van der Waals surface area contributed by atoms with E-state index < -0.39 is 0 Å². The Balaban J connectivity index is 1.17. The molecule has 3 aromatic rings. The highest BCUT2D eigenvalue weighted by Gasteiger charge is 2.23. The number of aryl methyl sites for hydroxylation is 1. The van der Waals surface area contributed by atoms with Crippen molar-refractivity contribution in [3.05, 3.63) is 59.5 Å². The quantitative estimate of drug-likeness (QED) is 0.623. The molecule has 0 spiro atoms. The number of halogens is 1. The van der Waals surface area contributed by atoms with E-state index in [1.165, 1.54) is 5.56 Å². The fourth-order valence-electron chi connectivity index (χ4n) is 4.98. The number of anilines is 2. The van der Waals surface area contributed by atoms with E-state index in [9.17, 15) is 9.65 Å². The molecule has 2 saturated heterocycles. The van der Waals surface area contributed by atoms with Crippen molar-refractivity contribution in [3.63, 3.8) is 0 Å². The molecule has 3 heterocycles. The number of aromatic nitrogens is 1. The Morgan fingerprint density at radius 2 is 1.73 bits per heavy atom. The molecule has 1 aromatic heterocycles. The number of nitrogens with zero attached hydrogens (tertiary/aromatic N) is 4. The van der Waals surface area contributed by atoms with E-state index in [0.717, 1.165) is 80.9 Å². The SMILES string of the molecule is N#Cc1ccc2[nH]cc(CCCN3CCN(c4ccc(F)cc4N4CCOCC4)CC3)c2c1. The fraction of sp³-hybridized carbons (Fsp3) is 0.423. The van der Waals surface area contributed by atoms with Gasteiger partial charge in [0.25, 0.3) is 0 Å². The monoisotopic (exact) mass is 447 g/mol. The van der Waals surface area contributed by atoms with Crippen LogP contribution in [0.2, 0.25) is 0 Å². The number of ether oxygens (including phenoxy) is 1. The minimum atomic E-state index is -0.182. The van der Waals surface area contributed by atoms with Gasteiger partial charge < -0.3 is 19.5 Å². The standard InChI is InChI=1S/C26H30FN5O/c27-22-4-6-25(26(17-22)32-12-14-33-15-13-32)31-10-8-30(9-11-31)7-1-2-21-19-29-24-5-3-20(18-28)16-23(21)24/h3-6,16-17,19,29H,1-2,7-15H2. The van der Waals surface area contributed by atoms with Crippen LogP contribution < -0.4 is 9.80 Å². The van der Waals surface area contributed by atoms with E-state index in [-0.39, 0.29) is 5.82 Å². The Kier molecular flexibility index (Phi) is 6.47. The van der Waals surface area contributed by atoms with E-state index in [2.05, 4.69) is 31.9 Å². The van der Waals surface area contributed by atoms with E-state index in [0.29, 0.717) is 18.8 Å². The first kappa shape index (κ1) is 21.7. The van der Waals surface area contributed by atoms with Crippen LogP contribution in [0, 0.1) is 17.1 Å². The van der Waals surface area contributed by atoms with Crippen LogP contribution in [-0.4, -0.2) is 68.9 Å². The summed E-state index contributed by atoms with van der Waals surface area (Å²) in [6.45, 7) is 7.95. The molecule has 2 fully saturated rings. The Bertz CT molecular complexity index is 1140. The molecular formula is C26H30FN5O. The van der Waals surface area contributed by atoms with E-state index in [1.54, 1.807) is 12.1 Å². The molecule has 2 aliphatic heterocycles. The molecule has 6 nitrogen and oxygen atoms in total. The summed E-state index contributed by atoms with van der Waals surface area (Å²) >= 11 is 0. The van der Waals surface area contributed by atoms with Crippen LogP contribution >= 0.6 is 0 Å². The van der Waals surface area contributed by atoms with Crippen LogP contribution in [0.1, 0.15) is 17.5 Å². The highest BCUT2D eigenvalue weighted by molar-refractivity contribution is 5.84. The Morgan fingerprint density at radius 1 is 0.939 bits per heavy atom. The number of H-pyrrole nitrogens is 1. The predicted octanol–water partition coefficient (Wildman–Crippen LogP) is 3.77. The van der Waals surface area contributed by atoms with Gasteiger partial charge in [0.2, 0.25) is 0 Å². The van der Waals surface area contributed by atoms with Crippen LogP contribution in [0.5, 0.6) is 0 Å². The predicted molar refractivity (Wildman–Crippen MR) is 129 cm³/mol. The largest absolute Gasteiger partial charge is 0.378 e. The van der Waals surface area contributed by atoms with Gasteiger partial charge in [0.1, 0.15) is 5.82 Å². The van der Waals surface area contributed by atoms with Gasteiger partial charge in [0.15, 0.2) is 0 Å². The lowest BCUT2D eigenvalue weighted by Gasteiger charge is -2.39. The van der Waals surface area contributed by atoms with Crippen molar-refractivity contribution in [2.24, 2.45) is 0 Å². The summed E-state index contributed by atoms with van der Waals surface area (Å²) in [6.07, 6.45) is 4.15. The number of benzene rings is 2. The minimum Gasteiger partial charge on any atom is -0.378 e. The molecule has 0 radical (unpaired) electrons. The summed E-state index contributed by atoms with van der Waals surface area (Å²) in [7, 11) is 0. The van der Waals surface area contributed by atoms with Gasteiger partial charge in [0.05, 0.1) is 36.2 Å². The third-order valence-electron chi connectivity index (χ3n) is 6.82. The highest BCUT2D eigenvalue weighted by Crippen LogP contribution is 2.32. The molecule has 0 saturated carbocycles. The lowest BCUT2D eigenvalue weighted by molar-refractivity contribution is 0.122. The summed E-state index contributed by atoms with van der Waals surface area (Å²) in [5.41, 5.74) is 5.19. The Hall–Kier alpha value is -3.08. The molecule has 33 heavy (non-hydrogen) atoms. The molecule has 1 N–H and O–H groups in total. The second kappa shape index (κ2) is 9.82. The number of fused-ring (bicyclic) bond motifs is 1. The van der Waals surface area contributed by atoms with Gasteiger partial charge in [-0.05, 0) is 61.3 Å². The van der Waals surface area contributed by atoms with Crippen molar-refractivity contribution in [1.82, 2.24) is 9.88 Å². The first-order valence-electron chi connectivity index (χ1n) is 11.8. The topological polar surface area (TPSA) is 58.5 Å². The zero-order chi connectivity index (χ0) is 22.6. The maximum absolute atomic E-state index is 14.0. The van der Waals surface area contributed by atoms with Crippen LogP contribution in [0.25, 0.3) is 10.9 Å². The number of hydrogen-bond acceptors (Lipinski definition) is 5. The van der Waals surface area contributed by atoms with Crippen molar-refractivity contribution < 1.29 is 9.13 Å². The van der Waals surface area contributed by atoms with Crippen LogP contribution in [0.3, 0.4) is 0 Å². The lowest BCUT2D eigenvalue weighted by atomic mass is 10.1. The summed E-state index contributed by atoms with van der Waals surface area (Å²) in [5, 5.41) is 10.3. The first-order valence-corrected chi connectivity index (χ1v) is 11.8. The maximum atomic E-state index is 14.0. The number of hydrogen-bond donors (Lipinski definition) is 1. The van der Waals surface area contributed by atoms with Gasteiger partial charge >= 0.3 is 0 Å². The summed E-state index contributed by atoms with van der Waals surface area (Å²) in [5.74, 6) is -0.182.